The number of hydrogen-bond donors (Lipinski definition) is 0. The molecule has 22 heavy (non-hydrogen) atoms. The van der Waals surface area contributed by atoms with E-state index in [0.717, 1.165) is 25.2 Å². The van der Waals surface area contributed by atoms with Gasteiger partial charge in [0.2, 0.25) is 0 Å². The zero-order valence-electron chi connectivity index (χ0n) is 13.8. The summed E-state index contributed by atoms with van der Waals surface area (Å²) in [5.74, 6) is 0. The van der Waals surface area contributed by atoms with Crippen LogP contribution in [0.5, 0.6) is 0 Å². The van der Waals surface area contributed by atoms with Crippen molar-refractivity contribution in [2.24, 2.45) is 0 Å². The van der Waals surface area contributed by atoms with Crippen LogP contribution in [0.4, 0.5) is 0 Å². The highest BCUT2D eigenvalue weighted by molar-refractivity contribution is 5.41. The molecule has 2 aromatic heterocycles. The second-order valence-electron chi connectivity index (χ2n) is 6.46. The molecule has 1 fully saturated rings. The highest BCUT2D eigenvalue weighted by Gasteiger charge is 2.22. The fraction of sp³-hybridized carbons (Fsp3) is 0.611. The number of imidazole rings is 1. The molecule has 3 rings (SSSR count). The molecule has 2 aromatic rings. The van der Waals surface area contributed by atoms with Gasteiger partial charge in [0.15, 0.2) is 0 Å². The maximum Gasteiger partial charge on any atom is 0.137 e. The smallest absolute Gasteiger partial charge is 0.137 e. The van der Waals surface area contributed by atoms with E-state index in [1.54, 1.807) is 7.11 Å². The zero-order chi connectivity index (χ0) is 15.4. The van der Waals surface area contributed by atoms with Gasteiger partial charge >= 0.3 is 0 Å². The number of methoxy groups -OCH3 is 1. The predicted octanol–water partition coefficient (Wildman–Crippen LogP) is 3.42. The molecule has 0 N–H and O–H groups in total. The number of fused-ring (bicyclic) bond motifs is 1. The monoisotopic (exact) mass is 301 g/mol. The summed E-state index contributed by atoms with van der Waals surface area (Å²) >= 11 is 0. The molecule has 4 nitrogen and oxygen atoms in total. The lowest BCUT2D eigenvalue weighted by molar-refractivity contribution is 0.115. The number of aryl methyl sites for hydroxylation is 1. The Balaban J connectivity index is 1.68. The van der Waals surface area contributed by atoms with Crippen molar-refractivity contribution in [3.8, 4) is 0 Å². The Labute approximate surface area is 133 Å². The third kappa shape index (κ3) is 3.68. The van der Waals surface area contributed by atoms with E-state index in [1.807, 2.05) is 0 Å². The molecular weight excluding hydrogens is 274 g/mol. The molecular formula is C18H27N3O. The van der Waals surface area contributed by atoms with E-state index < -0.39 is 0 Å². The van der Waals surface area contributed by atoms with E-state index >= 15 is 0 Å². The van der Waals surface area contributed by atoms with Gasteiger partial charge in [0.25, 0.3) is 0 Å². The average molecular weight is 301 g/mol. The quantitative estimate of drug-likeness (QED) is 0.766. The highest BCUT2D eigenvalue weighted by atomic mass is 16.5. The van der Waals surface area contributed by atoms with Crippen LogP contribution in [-0.4, -0.2) is 40.6 Å². The van der Waals surface area contributed by atoms with E-state index in [-0.39, 0.29) is 0 Å². The van der Waals surface area contributed by atoms with Crippen molar-refractivity contribution in [3.63, 3.8) is 0 Å². The molecule has 0 bridgehead atoms. The molecule has 0 saturated carbocycles. The van der Waals surface area contributed by atoms with Gasteiger partial charge < -0.3 is 9.14 Å². The van der Waals surface area contributed by atoms with Gasteiger partial charge in [0.05, 0.1) is 5.69 Å². The third-order valence-corrected chi connectivity index (χ3v) is 4.65. The maximum atomic E-state index is 5.20. The topological polar surface area (TPSA) is 29.8 Å². The molecule has 1 atom stereocenters. The normalized spacial score (nSPS) is 19.8. The lowest BCUT2D eigenvalue weighted by Gasteiger charge is -2.35. The molecule has 0 amide bonds. The number of piperidine rings is 1. The summed E-state index contributed by atoms with van der Waals surface area (Å²) in [5.41, 5.74) is 3.50. The molecule has 4 heteroatoms. The van der Waals surface area contributed by atoms with E-state index in [9.17, 15) is 0 Å². The minimum atomic E-state index is 0.690. The van der Waals surface area contributed by atoms with Gasteiger partial charge in [-0.15, -0.1) is 0 Å². The van der Waals surface area contributed by atoms with Crippen molar-refractivity contribution >= 4 is 5.65 Å². The molecule has 0 aromatic carbocycles. The minimum Gasteiger partial charge on any atom is -0.385 e. The minimum absolute atomic E-state index is 0.690. The Morgan fingerprint density at radius 1 is 1.27 bits per heavy atom. The van der Waals surface area contributed by atoms with Crippen LogP contribution in [0.1, 0.15) is 43.4 Å². The molecule has 0 aliphatic carbocycles. The summed E-state index contributed by atoms with van der Waals surface area (Å²) in [7, 11) is 1.79. The van der Waals surface area contributed by atoms with Gasteiger partial charge in [-0.3, -0.25) is 4.90 Å². The SMILES string of the molecule is COCCC[C@@H]1CCCCN1Cc1cn2cc(C)ccc2n1. The lowest BCUT2D eigenvalue weighted by Crippen LogP contribution is -2.39. The number of nitrogens with zero attached hydrogens (tertiary/aromatic N) is 3. The van der Waals surface area contributed by atoms with Gasteiger partial charge in [-0.25, -0.2) is 4.98 Å². The van der Waals surface area contributed by atoms with E-state index in [2.05, 4.69) is 40.8 Å². The molecule has 0 radical (unpaired) electrons. The Morgan fingerprint density at radius 2 is 2.18 bits per heavy atom. The number of aromatic nitrogens is 2. The first-order valence-corrected chi connectivity index (χ1v) is 8.43. The Hall–Kier alpha value is -1.39. The van der Waals surface area contributed by atoms with Crippen LogP contribution in [0.15, 0.2) is 24.5 Å². The van der Waals surface area contributed by atoms with Crippen LogP contribution < -0.4 is 0 Å². The van der Waals surface area contributed by atoms with E-state index in [0.29, 0.717) is 6.04 Å². The van der Waals surface area contributed by atoms with Crippen LogP contribution in [-0.2, 0) is 11.3 Å². The maximum absolute atomic E-state index is 5.20. The summed E-state index contributed by atoms with van der Waals surface area (Å²) in [4.78, 5) is 7.39. The molecule has 1 aliphatic rings. The number of rotatable bonds is 6. The largest absolute Gasteiger partial charge is 0.385 e. The van der Waals surface area contributed by atoms with Gasteiger partial charge in [-0.2, -0.15) is 0 Å². The molecule has 1 aliphatic heterocycles. The molecule has 3 heterocycles. The molecule has 0 unspecified atom stereocenters. The van der Waals surface area contributed by atoms with Gasteiger partial charge in [-0.05, 0) is 50.8 Å². The summed E-state index contributed by atoms with van der Waals surface area (Å²) in [6, 6.07) is 4.92. The van der Waals surface area contributed by atoms with Crippen molar-refractivity contribution in [3.05, 3.63) is 35.8 Å². The van der Waals surface area contributed by atoms with Crippen LogP contribution >= 0.6 is 0 Å². The molecule has 0 spiro atoms. The Bertz CT molecular complexity index is 607. The zero-order valence-corrected chi connectivity index (χ0v) is 13.8. The Kier molecular flexibility index (Phi) is 5.11. The average Bonchev–Trinajstić information content (AvgIpc) is 2.90. The highest BCUT2D eigenvalue weighted by Crippen LogP contribution is 2.23. The van der Waals surface area contributed by atoms with Crippen LogP contribution in [0.25, 0.3) is 5.65 Å². The van der Waals surface area contributed by atoms with Crippen molar-refractivity contribution in [2.75, 3.05) is 20.3 Å². The van der Waals surface area contributed by atoms with Crippen LogP contribution in [0.2, 0.25) is 0 Å². The van der Waals surface area contributed by atoms with Crippen molar-refractivity contribution in [1.29, 1.82) is 0 Å². The number of pyridine rings is 1. The first-order valence-electron chi connectivity index (χ1n) is 8.43. The van der Waals surface area contributed by atoms with Gasteiger partial charge in [0, 0.05) is 38.7 Å². The number of ether oxygens (including phenoxy) is 1. The third-order valence-electron chi connectivity index (χ3n) is 4.65. The van der Waals surface area contributed by atoms with Gasteiger partial charge in [0.1, 0.15) is 5.65 Å². The van der Waals surface area contributed by atoms with Crippen LogP contribution in [0.3, 0.4) is 0 Å². The fourth-order valence-electron chi connectivity index (χ4n) is 3.50. The summed E-state index contributed by atoms with van der Waals surface area (Å²) < 4.78 is 7.35. The van der Waals surface area contributed by atoms with Crippen molar-refractivity contribution < 1.29 is 4.74 Å². The second kappa shape index (κ2) is 7.25. The molecule has 1 saturated heterocycles. The predicted molar refractivity (Wildman–Crippen MR) is 89.1 cm³/mol. The first-order chi connectivity index (χ1) is 10.8. The lowest BCUT2D eigenvalue weighted by atomic mass is 9.98. The van der Waals surface area contributed by atoms with E-state index in [4.69, 9.17) is 9.72 Å². The summed E-state index contributed by atoms with van der Waals surface area (Å²) in [6.45, 7) is 5.16. The number of hydrogen-bond acceptors (Lipinski definition) is 3. The van der Waals surface area contributed by atoms with Gasteiger partial charge in [-0.1, -0.05) is 12.5 Å². The standard InChI is InChI=1S/C18H27N3O/c1-15-8-9-18-19-16(14-21(18)12-15)13-20-10-4-3-6-17(20)7-5-11-22-2/h8-9,12,14,17H,3-7,10-11,13H2,1-2H3/t17-/m0/s1. The fourth-order valence-corrected chi connectivity index (χ4v) is 3.50. The Morgan fingerprint density at radius 3 is 3.05 bits per heavy atom. The molecule has 120 valence electrons. The van der Waals surface area contributed by atoms with E-state index in [1.165, 1.54) is 43.5 Å². The number of likely N-dealkylation sites (tertiary alicyclic amines) is 1. The van der Waals surface area contributed by atoms with Crippen molar-refractivity contribution in [2.45, 2.75) is 51.6 Å². The van der Waals surface area contributed by atoms with Crippen molar-refractivity contribution in [1.82, 2.24) is 14.3 Å². The summed E-state index contributed by atoms with van der Waals surface area (Å²) in [5, 5.41) is 0. The summed E-state index contributed by atoms with van der Waals surface area (Å²) in [6.07, 6.45) is 10.7. The second-order valence-corrected chi connectivity index (χ2v) is 6.46. The first kappa shape index (κ1) is 15.5. The van der Waals surface area contributed by atoms with Crippen LogP contribution in [0, 0.1) is 6.92 Å².